The summed E-state index contributed by atoms with van der Waals surface area (Å²) < 4.78 is 0. The van der Waals surface area contributed by atoms with Crippen molar-refractivity contribution in [1.82, 2.24) is 25.6 Å². The van der Waals surface area contributed by atoms with Gasteiger partial charge in [-0.2, -0.15) is 20.5 Å². The number of aromatic nitrogens is 5. The van der Waals surface area contributed by atoms with Crippen LogP contribution in [-0.2, 0) is 0 Å². The standard InChI is InChI=1S/C11H9ClN6/c12-7-3-1-2-6(4-7)9-10(16-17-11(9)13)8-5-14-18-15-8/h1-5H,(H3,13,16,17)(H,14,15,18). The van der Waals surface area contributed by atoms with E-state index < -0.39 is 0 Å². The fraction of sp³-hybridized carbons (Fsp3) is 0. The van der Waals surface area contributed by atoms with Gasteiger partial charge in [-0.1, -0.05) is 23.7 Å². The molecule has 1 aromatic carbocycles. The highest BCUT2D eigenvalue weighted by Crippen LogP contribution is 2.34. The van der Waals surface area contributed by atoms with Crippen LogP contribution in [0.15, 0.2) is 30.5 Å². The van der Waals surface area contributed by atoms with E-state index in [0.29, 0.717) is 22.2 Å². The van der Waals surface area contributed by atoms with Crippen LogP contribution < -0.4 is 5.73 Å². The Morgan fingerprint density at radius 1 is 1.22 bits per heavy atom. The second-order valence-corrected chi connectivity index (χ2v) is 4.16. The summed E-state index contributed by atoms with van der Waals surface area (Å²) in [5, 5.41) is 17.8. The third-order valence-corrected chi connectivity index (χ3v) is 2.81. The van der Waals surface area contributed by atoms with Crippen molar-refractivity contribution in [3.8, 4) is 22.5 Å². The number of halogens is 1. The summed E-state index contributed by atoms with van der Waals surface area (Å²) in [6, 6.07) is 7.40. The molecule has 2 heterocycles. The average molecular weight is 261 g/mol. The Bertz CT molecular complexity index is 673. The SMILES string of the molecule is Nc1n[nH]c(-c2cn[nH]n2)c1-c1cccc(Cl)c1. The van der Waals surface area contributed by atoms with Gasteiger partial charge in [0, 0.05) is 5.02 Å². The smallest absolute Gasteiger partial charge is 0.153 e. The summed E-state index contributed by atoms with van der Waals surface area (Å²) in [4.78, 5) is 0. The molecule has 7 heteroatoms. The lowest BCUT2D eigenvalue weighted by Gasteiger charge is -2.02. The molecule has 0 aliphatic heterocycles. The van der Waals surface area contributed by atoms with Crippen molar-refractivity contribution in [3.63, 3.8) is 0 Å². The third kappa shape index (κ3) is 1.72. The molecule has 0 amide bonds. The van der Waals surface area contributed by atoms with Crippen LogP contribution in [0.5, 0.6) is 0 Å². The molecule has 0 saturated carbocycles. The maximum absolute atomic E-state index is 5.99. The third-order valence-electron chi connectivity index (χ3n) is 2.58. The van der Waals surface area contributed by atoms with E-state index in [1.807, 2.05) is 18.2 Å². The van der Waals surface area contributed by atoms with Crippen molar-refractivity contribution in [2.45, 2.75) is 0 Å². The van der Waals surface area contributed by atoms with Crippen molar-refractivity contribution in [2.75, 3.05) is 5.73 Å². The highest BCUT2D eigenvalue weighted by Gasteiger charge is 2.16. The Labute approximate surface area is 107 Å². The molecule has 90 valence electrons. The highest BCUT2D eigenvalue weighted by atomic mass is 35.5. The van der Waals surface area contributed by atoms with Gasteiger partial charge in [-0.05, 0) is 17.7 Å². The largest absolute Gasteiger partial charge is 0.382 e. The molecule has 18 heavy (non-hydrogen) atoms. The maximum Gasteiger partial charge on any atom is 0.153 e. The summed E-state index contributed by atoms with van der Waals surface area (Å²) in [5.74, 6) is 0.398. The Kier molecular flexibility index (Phi) is 2.49. The van der Waals surface area contributed by atoms with Gasteiger partial charge in [0.2, 0.25) is 0 Å². The van der Waals surface area contributed by atoms with Crippen LogP contribution in [0.25, 0.3) is 22.5 Å². The van der Waals surface area contributed by atoms with Crippen LogP contribution >= 0.6 is 11.6 Å². The van der Waals surface area contributed by atoms with Crippen LogP contribution in [0.1, 0.15) is 0 Å². The van der Waals surface area contributed by atoms with Crippen molar-refractivity contribution in [1.29, 1.82) is 0 Å². The van der Waals surface area contributed by atoms with E-state index >= 15 is 0 Å². The second-order valence-electron chi connectivity index (χ2n) is 3.72. The lowest BCUT2D eigenvalue weighted by atomic mass is 10.0. The van der Waals surface area contributed by atoms with Crippen molar-refractivity contribution in [2.24, 2.45) is 0 Å². The molecule has 0 aliphatic rings. The Morgan fingerprint density at radius 3 is 2.83 bits per heavy atom. The van der Waals surface area contributed by atoms with E-state index in [0.717, 1.165) is 11.1 Å². The van der Waals surface area contributed by atoms with Crippen molar-refractivity contribution < 1.29 is 0 Å². The minimum atomic E-state index is 0.398. The highest BCUT2D eigenvalue weighted by molar-refractivity contribution is 6.30. The molecule has 3 rings (SSSR count). The van der Waals surface area contributed by atoms with Crippen LogP contribution in [0.3, 0.4) is 0 Å². The van der Waals surface area contributed by atoms with E-state index in [4.69, 9.17) is 17.3 Å². The van der Waals surface area contributed by atoms with Gasteiger partial charge in [-0.25, -0.2) is 0 Å². The molecule has 0 fully saturated rings. The number of anilines is 1. The number of H-pyrrole nitrogens is 2. The lowest BCUT2D eigenvalue weighted by molar-refractivity contribution is 0.940. The molecule has 6 nitrogen and oxygen atoms in total. The first kappa shape index (κ1) is 10.8. The number of hydrogen-bond acceptors (Lipinski definition) is 4. The molecule has 3 aromatic rings. The van der Waals surface area contributed by atoms with E-state index in [1.165, 1.54) is 0 Å². The molecule has 0 bridgehead atoms. The van der Waals surface area contributed by atoms with Gasteiger partial charge in [0.05, 0.1) is 17.5 Å². The second kappa shape index (κ2) is 4.15. The Balaban J connectivity index is 2.20. The van der Waals surface area contributed by atoms with Gasteiger partial charge in [0.15, 0.2) is 5.82 Å². The quantitative estimate of drug-likeness (QED) is 0.657. The summed E-state index contributed by atoms with van der Waals surface area (Å²) in [7, 11) is 0. The molecule has 0 radical (unpaired) electrons. The molecule has 0 aliphatic carbocycles. The Morgan fingerprint density at radius 2 is 2.11 bits per heavy atom. The minimum absolute atomic E-state index is 0.398. The lowest BCUT2D eigenvalue weighted by Crippen LogP contribution is -1.89. The molecular formula is C11H9ClN6. The Hall–Kier alpha value is -2.34. The number of nitrogens with two attached hydrogens (primary N) is 1. The van der Waals surface area contributed by atoms with Gasteiger partial charge < -0.3 is 5.73 Å². The molecule has 0 spiro atoms. The van der Waals surface area contributed by atoms with Gasteiger partial charge >= 0.3 is 0 Å². The van der Waals surface area contributed by atoms with Crippen LogP contribution in [-0.4, -0.2) is 25.6 Å². The first-order valence-corrected chi connectivity index (χ1v) is 5.59. The van der Waals surface area contributed by atoms with E-state index in [-0.39, 0.29) is 0 Å². The molecule has 4 N–H and O–H groups in total. The normalized spacial score (nSPS) is 10.7. The molecule has 0 unspecified atom stereocenters. The monoisotopic (exact) mass is 260 g/mol. The number of nitrogens with zero attached hydrogens (tertiary/aromatic N) is 3. The first-order chi connectivity index (χ1) is 8.75. The number of rotatable bonds is 2. The summed E-state index contributed by atoms with van der Waals surface area (Å²) in [5.41, 5.74) is 8.90. The van der Waals surface area contributed by atoms with Crippen LogP contribution in [0, 0.1) is 0 Å². The number of benzene rings is 1. The maximum atomic E-state index is 5.99. The topological polar surface area (TPSA) is 96.3 Å². The van der Waals surface area contributed by atoms with E-state index in [2.05, 4.69) is 25.6 Å². The van der Waals surface area contributed by atoms with Gasteiger partial charge in [-0.15, -0.1) is 0 Å². The minimum Gasteiger partial charge on any atom is -0.382 e. The first-order valence-electron chi connectivity index (χ1n) is 5.21. The van der Waals surface area contributed by atoms with Gasteiger partial charge in [-0.3, -0.25) is 5.10 Å². The molecule has 2 aromatic heterocycles. The van der Waals surface area contributed by atoms with Gasteiger partial charge in [0.25, 0.3) is 0 Å². The fourth-order valence-corrected chi connectivity index (χ4v) is 1.99. The van der Waals surface area contributed by atoms with E-state index in [9.17, 15) is 0 Å². The summed E-state index contributed by atoms with van der Waals surface area (Å²) in [6.45, 7) is 0. The molecular weight excluding hydrogens is 252 g/mol. The predicted molar refractivity (Wildman–Crippen MR) is 68.8 cm³/mol. The summed E-state index contributed by atoms with van der Waals surface area (Å²) in [6.07, 6.45) is 1.60. The average Bonchev–Trinajstić information content (AvgIpc) is 2.97. The zero-order chi connectivity index (χ0) is 12.5. The predicted octanol–water partition coefficient (Wildman–Crippen LogP) is 2.10. The number of hydrogen-bond donors (Lipinski definition) is 3. The number of aromatic amines is 2. The van der Waals surface area contributed by atoms with E-state index in [1.54, 1.807) is 12.3 Å². The van der Waals surface area contributed by atoms with Crippen molar-refractivity contribution >= 4 is 17.4 Å². The number of nitrogen functional groups attached to an aromatic ring is 1. The van der Waals surface area contributed by atoms with Crippen LogP contribution in [0.4, 0.5) is 5.82 Å². The number of nitrogens with one attached hydrogen (secondary N) is 2. The molecule has 0 saturated heterocycles. The fourth-order valence-electron chi connectivity index (χ4n) is 1.80. The van der Waals surface area contributed by atoms with Crippen molar-refractivity contribution in [3.05, 3.63) is 35.5 Å². The zero-order valence-corrected chi connectivity index (χ0v) is 9.94. The van der Waals surface area contributed by atoms with Crippen LogP contribution in [0.2, 0.25) is 5.02 Å². The molecule has 0 atom stereocenters. The van der Waals surface area contributed by atoms with Gasteiger partial charge in [0.1, 0.15) is 5.69 Å². The zero-order valence-electron chi connectivity index (χ0n) is 9.18. The summed E-state index contributed by atoms with van der Waals surface area (Å²) >= 11 is 5.99.